The van der Waals surface area contributed by atoms with E-state index in [1.165, 1.54) is 34.9 Å². The Labute approximate surface area is 173 Å². The van der Waals surface area contributed by atoms with E-state index in [0.29, 0.717) is 14.9 Å². The van der Waals surface area contributed by atoms with E-state index >= 15 is 0 Å². The van der Waals surface area contributed by atoms with Gasteiger partial charge < -0.3 is 5.32 Å². The average molecular weight is 465 g/mol. The maximum Gasteiger partial charge on any atom is 0.266 e. The smallest absolute Gasteiger partial charge is 0.266 e. The highest BCUT2D eigenvalue weighted by atomic mass is 79.9. The highest BCUT2D eigenvalue weighted by molar-refractivity contribution is 9.10. The zero-order valence-corrected chi connectivity index (χ0v) is 17.2. The maximum atomic E-state index is 13.2. The summed E-state index contributed by atoms with van der Waals surface area (Å²) in [6.45, 7) is 0.168. The molecular weight excluding hydrogens is 451 g/mol. The third-order valence-electron chi connectivity index (χ3n) is 3.69. The number of thioether (sulfide) groups is 1. The molecule has 0 aromatic heterocycles. The first kappa shape index (κ1) is 19.7. The summed E-state index contributed by atoms with van der Waals surface area (Å²) in [5.74, 6) is -0.962. The standard InChI is InChI=1S/C19H14BrFN2O2S2/c20-13-4-1-3-12(9-13)10-16-18(25)23(19(26)27-16)8-7-17(24)22-15-6-2-5-14(21)11-15/h1-6,9-11H,7-8H2,(H,22,24)/b16-10-. The van der Waals surface area contributed by atoms with Gasteiger partial charge in [-0.05, 0) is 42.0 Å². The topological polar surface area (TPSA) is 49.4 Å². The summed E-state index contributed by atoms with van der Waals surface area (Å²) in [6, 6.07) is 13.2. The van der Waals surface area contributed by atoms with Crippen LogP contribution in [0.25, 0.3) is 6.08 Å². The third kappa shape index (κ3) is 5.24. The summed E-state index contributed by atoms with van der Waals surface area (Å²) in [5, 5.41) is 2.61. The molecule has 1 aliphatic heterocycles. The van der Waals surface area contributed by atoms with Crippen molar-refractivity contribution >= 4 is 67.8 Å². The van der Waals surface area contributed by atoms with E-state index in [1.807, 2.05) is 24.3 Å². The van der Waals surface area contributed by atoms with Crippen molar-refractivity contribution in [3.05, 3.63) is 69.3 Å². The summed E-state index contributed by atoms with van der Waals surface area (Å²) >= 11 is 9.88. The van der Waals surface area contributed by atoms with Gasteiger partial charge in [0.25, 0.3) is 5.91 Å². The number of nitrogens with zero attached hydrogens (tertiary/aromatic N) is 1. The number of rotatable bonds is 5. The highest BCUT2D eigenvalue weighted by Gasteiger charge is 2.32. The number of nitrogens with one attached hydrogen (secondary N) is 1. The predicted octanol–water partition coefficient (Wildman–Crippen LogP) is 4.82. The molecule has 138 valence electrons. The van der Waals surface area contributed by atoms with Crippen molar-refractivity contribution in [3.8, 4) is 0 Å². The molecule has 0 saturated carbocycles. The molecular formula is C19H14BrFN2O2S2. The van der Waals surface area contributed by atoms with Gasteiger partial charge in [-0.25, -0.2) is 4.39 Å². The number of carbonyl (C=O) groups excluding carboxylic acids is 2. The van der Waals surface area contributed by atoms with Crippen molar-refractivity contribution in [1.82, 2.24) is 4.90 Å². The minimum absolute atomic E-state index is 0.0626. The van der Waals surface area contributed by atoms with Gasteiger partial charge in [0.05, 0.1) is 4.91 Å². The zero-order chi connectivity index (χ0) is 19.4. The van der Waals surface area contributed by atoms with E-state index in [4.69, 9.17) is 12.2 Å². The van der Waals surface area contributed by atoms with Crippen LogP contribution in [0.4, 0.5) is 10.1 Å². The number of anilines is 1. The van der Waals surface area contributed by atoms with Crippen LogP contribution in [0.3, 0.4) is 0 Å². The molecule has 0 bridgehead atoms. The van der Waals surface area contributed by atoms with E-state index in [-0.39, 0.29) is 24.8 Å². The number of benzene rings is 2. The van der Waals surface area contributed by atoms with Crippen molar-refractivity contribution in [2.24, 2.45) is 0 Å². The summed E-state index contributed by atoms with van der Waals surface area (Å²) in [6.07, 6.45) is 1.84. The van der Waals surface area contributed by atoms with Gasteiger partial charge >= 0.3 is 0 Å². The van der Waals surface area contributed by atoms with Crippen LogP contribution in [0.15, 0.2) is 57.9 Å². The lowest BCUT2D eigenvalue weighted by molar-refractivity contribution is -0.122. The third-order valence-corrected chi connectivity index (χ3v) is 5.56. The van der Waals surface area contributed by atoms with Gasteiger partial charge in [-0.2, -0.15) is 0 Å². The first-order chi connectivity index (χ1) is 12.9. The van der Waals surface area contributed by atoms with Crippen LogP contribution < -0.4 is 5.32 Å². The second kappa shape index (κ2) is 8.77. The molecule has 0 unspecified atom stereocenters. The molecule has 2 amide bonds. The van der Waals surface area contributed by atoms with Crippen LogP contribution in [0, 0.1) is 5.82 Å². The number of hydrogen-bond acceptors (Lipinski definition) is 4. The Hall–Kier alpha value is -2.03. The van der Waals surface area contributed by atoms with Crippen LogP contribution >= 0.6 is 39.9 Å². The maximum absolute atomic E-state index is 13.2. The van der Waals surface area contributed by atoms with Crippen molar-refractivity contribution < 1.29 is 14.0 Å². The van der Waals surface area contributed by atoms with E-state index in [2.05, 4.69) is 21.2 Å². The van der Waals surface area contributed by atoms with Crippen molar-refractivity contribution in [2.45, 2.75) is 6.42 Å². The summed E-state index contributed by atoms with van der Waals surface area (Å²) < 4.78 is 14.5. The summed E-state index contributed by atoms with van der Waals surface area (Å²) in [5.41, 5.74) is 1.26. The first-order valence-electron chi connectivity index (χ1n) is 7.99. The Morgan fingerprint density at radius 1 is 1.26 bits per heavy atom. The van der Waals surface area contributed by atoms with Gasteiger partial charge in [-0.1, -0.05) is 58.1 Å². The molecule has 2 aromatic rings. The Kier molecular flexibility index (Phi) is 6.41. The molecule has 0 spiro atoms. The predicted molar refractivity (Wildman–Crippen MR) is 114 cm³/mol. The Morgan fingerprint density at radius 2 is 2.04 bits per heavy atom. The molecule has 0 atom stereocenters. The van der Waals surface area contributed by atoms with Crippen molar-refractivity contribution in [2.75, 3.05) is 11.9 Å². The van der Waals surface area contributed by atoms with Crippen LogP contribution in [-0.4, -0.2) is 27.6 Å². The molecule has 1 aliphatic rings. The molecule has 0 radical (unpaired) electrons. The molecule has 3 rings (SSSR count). The molecule has 8 heteroatoms. The first-order valence-corrected chi connectivity index (χ1v) is 10.0. The molecule has 1 fully saturated rings. The number of carbonyl (C=O) groups is 2. The summed E-state index contributed by atoms with van der Waals surface area (Å²) in [7, 11) is 0. The molecule has 2 aromatic carbocycles. The van der Waals surface area contributed by atoms with E-state index < -0.39 is 5.82 Å². The van der Waals surface area contributed by atoms with Gasteiger partial charge in [0.1, 0.15) is 10.1 Å². The zero-order valence-electron chi connectivity index (χ0n) is 13.9. The van der Waals surface area contributed by atoms with E-state index in [9.17, 15) is 14.0 Å². The monoisotopic (exact) mass is 464 g/mol. The number of amides is 2. The Balaban J connectivity index is 1.61. The fraction of sp³-hybridized carbons (Fsp3) is 0.105. The van der Waals surface area contributed by atoms with E-state index in [0.717, 1.165) is 10.0 Å². The lowest BCUT2D eigenvalue weighted by atomic mass is 10.2. The normalized spacial score (nSPS) is 15.5. The van der Waals surface area contributed by atoms with Crippen molar-refractivity contribution in [3.63, 3.8) is 0 Å². The lowest BCUT2D eigenvalue weighted by Gasteiger charge is -2.14. The fourth-order valence-electron chi connectivity index (χ4n) is 2.44. The molecule has 1 heterocycles. The van der Waals surface area contributed by atoms with E-state index in [1.54, 1.807) is 12.1 Å². The Morgan fingerprint density at radius 3 is 2.78 bits per heavy atom. The second-order valence-corrected chi connectivity index (χ2v) is 8.29. The van der Waals surface area contributed by atoms with Crippen molar-refractivity contribution in [1.29, 1.82) is 0 Å². The average Bonchev–Trinajstić information content (AvgIpc) is 2.86. The molecule has 1 N–H and O–H groups in total. The SMILES string of the molecule is O=C(CCN1C(=O)/C(=C/c2cccc(Br)c2)SC1=S)Nc1cccc(F)c1. The van der Waals surface area contributed by atoms with Gasteiger partial charge in [0.2, 0.25) is 5.91 Å². The van der Waals surface area contributed by atoms with Gasteiger partial charge in [-0.3, -0.25) is 14.5 Å². The fourth-order valence-corrected chi connectivity index (χ4v) is 4.17. The van der Waals surface area contributed by atoms with Crippen LogP contribution in [0.1, 0.15) is 12.0 Å². The minimum Gasteiger partial charge on any atom is -0.326 e. The van der Waals surface area contributed by atoms with Gasteiger partial charge in [0.15, 0.2) is 0 Å². The number of thiocarbonyl (C=S) groups is 1. The van der Waals surface area contributed by atoms with Gasteiger partial charge in [-0.15, -0.1) is 0 Å². The van der Waals surface area contributed by atoms with Crippen LogP contribution in [0.5, 0.6) is 0 Å². The summed E-state index contributed by atoms with van der Waals surface area (Å²) in [4.78, 5) is 26.6. The number of halogens is 2. The molecule has 1 saturated heterocycles. The number of hydrogen-bond donors (Lipinski definition) is 1. The quantitative estimate of drug-likeness (QED) is 0.508. The highest BCUT2D eigenvalue weighted by Crippen LogP contribution is 2.33. The lowest BCUT2D eigenvalue weighted by Crippen LogP contribution is -2.31. The van der Waals surface area contributed by atoms with Gasteiger partial charge in [0, 0.05) is 23.1 Å². The Bertz CT molecular complexity index is 949. The molecule has 27 heavy (non-hydrogen) atoms. The van der Waals surface area contributed by atoms with Crippen LogP contribution in [0.2, 0.25) is 0 Å². The minimum atomic E-state index is -0.428. The second-order valence-electron chi connectivity index (χ2n) is 5.70. The molecule has 0 aliphatic carbocycles. The van der Waals surface area contributed by atoms with Crippen LogP contribution in [-0.2, 0) is 9.59 Å². The largest absolute Gasteiger partial charge is 0.326 e. The molecule has 4 nitrogen and oxygen atoms in total.